The topological polar surface area (TPSA) is 15.7 Å². The van der Waals surface area contributed by atoms with E-state index >= 15 is 0 Å². The molecule has 2 aliphatic heterocycles. The first-order chi connectivity index (χ1) is 28.1. The number of ether oxygens (including phenoxy) is 1. The molecule has 294 valence electrons. The molecule has 1 aliphatic carbocycles. The second-order valence-corrected chi connectivity index (χ2v) is 20.2. The molecule has 0 bridgehead atoms. The fourth-order valence-electron chi connectivity index (χ4n) is 9.65. The van der Waals surface area contributed by atoms with Gasteiger partial charge in [0.1, 0.15) is 11.5 Å². The Bertz CT molecular complexity index is 2800. The van der Waals surface area contributed by atoms with Crippen LogP contribution >= 0.6 is 0 Å². The molecule has 0 N–H and O–H groups in total. The first-order valence-corrected chi connectivity index (χ1v) is 21.6. The summed E-state index contributed by atoms with van der Waals surface area (Å²) in [6, 6.07) is 50.8. The lowest BCUT2D eigenvalue weighted by atomic mass is 9.33. The Labute approximate surface area is 351 Å². The summed E-state index contributed by atoms with van der Waals surface area (Å²) in [5.74, 6) is 1.84. The number of benzene rings is 7. The van der Waals surface area contributed by atoms with E-state index < -0.39 is 0 Å². The number of anilines is 6. The van der Waals surface area contributed by atoms with Crippen LogP contribution in [0.5, 0.6) is 11.5 Å². The van der Waals surface area contributed by atoms with Crippen molar-refractivity contribution in [3.05, 3.63) is 161 Å². The molecule has 3 nitrogen and oxygen atoms in total. The summed E-state index contributed by atoms with van der Waals surface area (Å²) >= 11 is 0. The number of hydrogen-bond acceptors (Lipinski definition) is 3. The number of hydrogen-bond donors (Lipinski definition) is 0. The number of nitrogens with zero attached hydrogens (tertiary/aromatic N) is 2. The van der Waals surface area contributed by atoms with E-state index in [1.165, 1.54) is 72.8 Å². The van der Waals surface area contributed by atoms with Crippen LogP contribution in [-0.4, -0.2) is 6.71 Å². The summed E-state index contributed by atoms with van der Waals surface area (Å²) in [4.78, 5) is 4.97. The third-order valence-corrected chi connectivity index (χ3v) is 13.1. The first-order valence-electron chi connectivity index (χ1n) is 21.6. The van der Waals surface area contributed by atoms with E-state index in [9.17, 15) is 0 Å². The molecule has 2 heterocycles. The Morgan fingerprint density at radius 1 is 0.492 bits per heavy atom. The lowest BCUT2D eigenvalue weighted by Crippen LogP contribution is -2.60. The zero-order valence-electron chi connectivity index (χ0n) is 36.2. The van der Waals surface area contributed by atoms with Crippen molar-refractivity contribution < 1.29 is 4.74 Å². The third kappa shape index (κ3) is 6.43. The normalized spacial score (nSPS) is 14.4. The maximum atomic E-state index is 7.21. The highest BCUT2D eigenvalue weighted by molar-refractivity contribution is 6.99. The summed E-state index contributed by atoms with van der Waals surface area (Å²) in [5, 5.41) is 2.46. The van der Waals surface area contributed by atoms with Gasteiger partial charge in [0.2, 0.25) is 0 Å². The van der Waals surface area contributed by atoms with Gasteiger partial charge in [0.15, 0.2) is 0 Å². The van der Waals surface area contributed by atoms with Crippen molar-refractivity contribution in [1.29, 1.82) is 0 Å². The average Bonchev–Trinajstić information content (AvgIpc) is 3.68. The maximum absolute atomic E-state index is 7.21. The van der Waals surface area contributed by atoms with Gasteiger partial charge in [0.05, 0.1) is 5.69 Å². The SMILES string of the molecule is CC(C)(C)c1ccc(N2c3ccc(C(C)(C)C)cc3B3c4cc(C(C)(C)C)ccc4Oc4cc(N(c5ccc6c(c5)CCC6)c5ccc6ccccc6c5)cc2c43)cc1. The Morgan fingerprint density at radius 3 is 1.85 bits per heavy atom. The summed E-state index contributed by atoms with van der Waals surface area (Å²) in [6.07, 6.45) is 3.48. The van der Waals surface area contributed by atoms with Crippen molar-refractivity contribution in [2.24, 2.45) is 0 Å². The van der Waals surface area contributed by atoms with Crippen molar-refractivity contribution in [2.75, 3.05) is 9.80 Å². The Kier molecular flexibility index (Phi) is 8.52. The van der Waals surface area contributed by atoms with Crippen LogP contribution in [-0.2, 0) is 29.1 Å². The van der Waals surface area contributed by atoms with Gasteiger partial charge in [-0.1, -0.05) is 135 Å². The Hall–Kier alpha value is -5.74. The fourth-order valence-corrected chi connectivity index (χ4v) is 9.65. The summed E-state index contributed by atoms with van der Waals surface area (Å²) in [5.41, 5.74) is 17.6. The number of rotatable bonds is 4. The van der Waals surface area contributed by atoms with Crippen molar-refractivity contribution in [3.8, 4) is 11.5 Å². The Morgan fingerprint density at radius 2 is 1.12 bits per heavy atom. The molecule has 0 aromatic heterocycles. The zero-order valence-corrected chi connectivity index (χ0v) is 36.2. The van der Waals surface area contributed by atoms with Gasteiger partial charge in [-0.15, -0.1) is 0 Å². The predicted octanol–water partition coefficient (Wildman–Crippen LogP) is 13.1. The maximum Gasteiger partial charge on any atom is 0.256 e. The molecule has 7 aromatic rings. The van der Waals surface area contributed by atoms with E-state index in [-0.39, 0.29) is 23.0 Å². The molecule has 0 saturated carbocycles. The van der Waals surface area contributed by atoms with E-state index in [2.05, 4.69) is 206 Å². The molecule has 0 spiro atoms. The molecule has 10 rings (SSSR count). The average molecular weight is 771 g/mol. The molecule has 0 amide bonds. The minimum atomic E-state index is -0.0152. The monoisotopic (exact) mass is 770 g/mol. The van der Waals surface area contributed by atoms with Crippen molar-refractivity contribution in [1.82, 2.24) is 0 Å². The molecular formula is C55H55BN2O. The zero-order chi connectivity index (χ0) is 41.0. The third-order valence-electron chi connectivity index (χ3n) is 13.1. The van der Waals surface area contributed by atoms with Gasteiger partial charge in [0, 0.05) is 34.5 Å². The van der Waals surface area contributed by atoms with Crippen LogP contribution in [0.3, 0.4) is 0 Å². The van der Waals surface area contributed by atoms with Crippen LogP contribution in [0.4, 0.5) is 34.1 Å². The van der Waals surface area contributed by atoms with Crippen LogP contribution in [0.15, 0.2) is 133 Å². The van der Waals surface area contributed by atoms with E-state index in [0.717, 1.165) is 47.1 Å². The van der Waals surface area contributed by atoms with E-state index in [4.69, 9.17) is 4.74 Å². The van der Waals surface area contributed by atoms with E-state index in [1.54, 1.807) is 0 Å². The molecule has 3 aliphatic rings. The molecule has 0 atom stereocenters. The molecule has 0 saturated heterocycles. The molecule has 0 fully saturated rings. The first kappa shape index (κ1) is 37.5. The lowest BCUT2D eigenvalue weighted by molar-refractivity contribution is 0.486. The van der Waals surface area contributed by atoms with Crippen LogP contribution in [0.2, 0.25) is 0 Å². The number of fused-ring (bicyclic) bond motifs is 6. The Balaban J connectivity index is 1.27. The van der Waals surface area contributed by atoms with Crippen molar-refractivity contribution in [3.63, 3.8) is 0 Å². The van der Waals surface area contributed by atoms with Gasteiger partial charge in [0.25, 0.3) is 6.71 Å². The van der Waals surface area contributed by atoms with Crippen LogP contribution in [0, 0.1) is 0 Å². The van der Waals surface area contributed by atoms with Gasteiger partial charge >= 0.3 is 0 Å². The van der Waals surface area contributed by atoms with Crippen LogP contribution < -0.4 is 30.9 Å². The molecule has 0 radical (unpaired) electrons. The summed E-state index contributed by atoms with van der Waals surface area (Å²) in [7, 11) is 0. The smallest absolute Gasteiger partial charge is 0.256 e. The lowest BCUT2D eigenvalue weighted by Gasteiger charge is -2.42. The van der Waals surface area contributed by atoms with Crippen molar-refractivity contribution >= 4 is 68.0 Å². The second-order valence-electron chi connectivity index (χ2n) is 20.2. The highest BCUT2D eigenvalue weighted by atomic mass is 16.5. The molecule has 59 heavy (non-hydrogen) atoms. The summed E-state index contributed by atoms with van der Waals surface area (Å²) in [6.45, 7) is 20.7. The van der Waals surface area contributed by atoms with Gasteiger partial charge < -0.3 is 14.5 Å². The molecule has 7 aromatic carbocycles. The van der Waals surface area contributed by atoms with Gasteiger partial charge in [-0.3, -0.25) is 0 Å². The van der Waals surface area contributed by atoms with Crippen molar-refractivity contribution in [2.45, 2.75) is 97.8 Å². The fraction of sp³-hybridized carbons (Fsp3) is 0.273. The van der Waals surface area contributed by atoms with E-state index in [0.29, 0.717) is 0 Å². The quantitative estimate of drug-likeness (QED) is 0.166. The second kappa shape index (κ2) is 13.4. The van der Waals surface area contributed by atoms with Crippen LogP contribution in [0.1, 0.15) is 96.6 Å². The largest absolute Gasteiger partial charge is 0.458 e. The molecule has 0 unspecified atom stereocenters. The van der Waals surface area contributed by atoms with Gasteiger partial charge in [-0.2, -0.15) is 0 Å². The minimum absolute atomic E-state index is 0.00314. The number of aryl methyl sites for hydroxylation is 2. The summed E-state index contributed by atoms with van der Waals surface area (Å²) < 4.78 is 7.21. The highest BCUT2D eigenvalue weighted by Crippen LogP contribution is 2.47. The molecular weight excluding hydrogens is 715 g/mol. The molecule has 4 heteroatoms. The standard InChI is InChI=1S/C55H55BN2O/c1-53(2,3)39-19-25-42(26-20-39)58-48-27-21-40(54(4,5)6)31-46(48)56-47-32-41(55(7,8)9)22-28-50(47)59-51-34-45(33-49(58)52(51)56)57(44-24-18-36-15-12-16-38(36)30-44)43-23-17-35-13-10-11-14-37(35)29-43/h10-11,13-14,17-34H,12,15-16H2,1-9H3. The predicted molar refractivity (Wildman–Crippen MR) is 253 cm³/mol. The van der Waals surface area contributed by atoms with Gasteiger partial charge in [-0.25, -0.2) is 0 Å². The highest BCUT2D eigenvalue weighted by Gasteiger charge is 2.43. The van der Waals surface area contributed by atoms with Crippen LogP contribution in [0.25, 0.3) is 10.8 Å². The van der Waals surface area contributed by atoms with Gasteiger partial charge in [-0.05, 0) is 145 Å². The minimum Gasteiger partial charge on any atom is -0.458 e. The van der Waals surface area contributed by atoms with E-state index in [1.807, 2.05) is 0 Å².